The van der Waals surface area contributed by atoms with Gasteiger partial charge in [0.1, 0.15) is 11.6 Å². The van der Waals surface area contributed by atoms with E-state index in [1.807, 2.05) is 6.92 Å². The number of nitrogens with zero attached hydrogens (tertiary/aromatic N) is 1. The molecular weight excluding hydrogens is 497 g/mol. The van der Waals surface area contributed by atoms with Gasteiger partial charge in [-0.2, -0.15) is 0 Å². The quantitative estimate of drug-likeness (QED) is 0.413. The van der Waals surface area contributed by atoms with Crippen LogP contribution in [0.15, 0.2) is 65.6 Å². The van der Waals surface area contributed by atoms with Gasteiger partial charge in [0.2, 0.25) is 0 Å². The van der Waals surface area contributed by atoms with Crippen molar-refractivity contribution >= 4 is 56.0 Å². The Balaban J connectivity index is 1.53. The molecule has 0 amide bonds. The van der Waals surface area contributed by atoms with Crippen molar-refractivity contribution in [3.63, 3.8) is 0 Å². The van der Waals surface area contributed by atoms with Gasteiger partial charge in [0, 0.05) is 16.8 Å². The third kappa shape index (κ3) is 4.96. The van der Waals surface area contributed by atoms with Crippen LogP contribution < -0.4 is 19.7 Å². The summed E-state index contributed by atoms with van der Waals surface area (Å²) in [6.07, 6.45) is 1.24. The van der Waals surface area contributed by atoms with E-state index in [4.69, 9.17) is 28.6 Å². The topological polar surface area (TPSA) is 70.7 Å². The van der Waals surface area contributed by atoms with Crippen molar-refractivity contribution in [3.8, 4) is 5.75 Å². The van der Waals surface area contributed by atoms with Crippen molar-refractivity contribution in [1.82, 2.24) is 0 Å². The molecule has 0 aromatic heterocycles. The van der Waals surface area contributed by atoms with E-state index in [-0.39, 0.29) is 21.9 Å². The third-order valence-electron chi connectivity index (χ3n) is 5.59. The first-order chi connectivity index (χ1) is 16.2. The van der Waals surface area contributed by atoms with E-state index in [0.29, 0.717) is 46.2 Å². The number of fused-ring (bicyclic) bond motifs is 1. The molecule has 1 atom stereocenters. The Kier molecular flexibility index (Phi) is 6.97. The Morgan fingerprint density at radius 2 is 1.85 bits per heavy atom. The summed E-state index contributed by atoms with van der Waals surface area (Å²) in [6.45, 7) is 1.86. The number of nitrogens with one attached hydrogen (secondary N) is 2. The summed E-state index contributed by atoms with van der Waals surface area (Å²) in [7, 11) is -2.30. The minimum absolute atomic E-state index is 0.137. The van der Waals surface area contributed by atoms with Crippen LogP contribution in [0.5, 0.6) is 5.75 Å². The zero-order valence-corrected chi connectivity index (χ0v) is 20.9. The molecule has 0 bridgehead atoms. The van der Waals surface area contributed by atoms with Gasteiger partial charge in [-0.3, -0.25) is 4.31 Å². The van der Waals surface area contributed by atoms with Crippen molar-refractivity contribution in [2.75, 3.05) is 22.0 Å². The minimum atomic E-state index is -3.84. The van der Waals surface area contributed by atoms with Crippen LogP contribution in [0.2, 0.25) is 5.02 Å². The lowest BCUT2D eigenvalue weighted by molar-refractivity contribution is 0.417. The number of sulfonamides is 1. The number of hydrogen-bond donors (Lipinski definition) is 2. The second kappa shape index (κ2) is 9.77. The highest BCUT2D eigenvalue weighted by Crippen LogP contribution is 2.36. The molecule has 1 aliphatic heterocycles. The molecule has 0 unspecified atom stereocenters. The number of methoxy groups -OCH3 is 1. The van der Waals surface area contributed by atoms with Gasteiger partial charge in [0.15, 0.2) is 5.11 Å². The molecule has 6 nitrogen and oxygen atoms in total. The van der Waals surface area contributed by atoms with Gasteiger partial charge in [-0.05, 0) is 98.2 Å². The summed E-state index contributed by atoms with van der Waals surface area (Å²) < 4.78 is 47.3. The molecule has 178 valence electrons. The number of aryl methyl sites for hydroxylation is 1. The molecule has 10 heteroatoms. The van der Waals surface area contributed by atoms with E-state index in [9.17, 15) is 12.8 Å². The molecule has 0 spiro atoms. The number of ether oxygens (including phenoxy) is 1. The van der Waals surface area contributed by atoms with E-state index in [1.165, 1.54) is 34.6 Å². The molecule has 4 rings (SSSR count). The molecule has 34 heavy (non-hydrogen) atoms. The van der Waals surface area contributed by atoms with E-state index < -0.39 is 10.0 Å². The van der Waals surface area contributed by atoms with Crippen LogP contribution >= 0.6 is 23.8 Å². The molecular formula is C24H23ClFN3O3S2. The highest BCUT2D eigenvalue weighted by Gasteiger charge is 2.34. The predicted octanol–water partition coefficient (Wildman–Crippen LogP) is 5.83. The predicted molar refractivity (Wildman–Crippen MR) is 138 cm³/mol. The summed E-state index contributed by atoms with van der Waals surface area (Å²) in [4.78, 5) is 0.137. The van der Waals surface area contributed by atoms with E-state index in [2.05, 4.69) is 10.6 Å². The standard InChI is InChI=1S/C24H23ClFN3O3S2/c1-15-3-4-16-13-18(26)6-11-22(16)29(15)34(30,31)20-9-7-19(8-10-20)27-24(33)28-21-14-17(25)5-12-23(21)32-2/h5-15H,3-4H2,1-2H3,(H2,27,28,33)/t15-/m1/s1. The Hall–Kier alpha value is -2.88. The van der Waals surface area contributed by atoms with Crippen LogP contribution in [0.4, 0.5) is 21.5 Å². The number of rotatable bonds is 5. The molecule has 1 aliphatic rings. The fraction of sp³-hybridized carbons (Fsp3) is 0.208. The Morgan fingerprint density at radius 1 is 1.12 bits per heavy atom. The number of hydrogen-bond acceptors (Lipinski definition) is 4. The molecule has 0 radical (unpaired) electrons. The first kappa shape index (κ1) is 24.3. The zero-order chi connectivity index (χ0) is 24.5. The third-order valence-corrected chi connectivity index (χ3v) is 7.97. The maximum absolute atomic E-state index is 13.7. The summed E-state index contributed by atoms with van der Waals surface area (Å²) in [6, 6.07) is 15.4. The van der Waals surface area contributed by atoms with E-state index in [1.54, 1.807) is 37.4 Å². The monoisotopic (exact) mass is 519 g/mol. The second-order valence-corrected chi connectivity index (χ2v) is 10.6. The van der Waals surface area contributed by atoms with Crippen LogP contribution in [0.1, 0.15) is 18.9 Å². The molecule has 2 N–H and O–H groups in total. The maximum atomic E-state index is 13.7. The number of thiocarbonyl (C=S) groups is 1. The molecule has 1 heterocycles. The van der Waals surface area contributed by atoms with Gasteiger partial charge in [-0.25, -0.2) is 12.8 Å². The first-order valence-corrected chi connectivity index (χ1v) is 12.8. The first-order valence-electron chi connectivity index (χ1n) is 10.5. The lowest BCUT2D eigenvalue weighted by atomic mass is 9.99. The maximum Gasteiger partial charge on any atom is 0.264 e. The lowest BCUT2D eigenvalue weighted by Crippen LogP contribution is -2.42. The smallest absolute Gasteiger partial charge is 0.264 e. The normalized spacial score (nSPS) is 15.4. The fourth-order valence-corrected chi connectivity index (χ4v) is 6.06. The van der Waals surface area contributed by atoms with Gasteiger partial charge in [-0.15, -0.1) is 0 Å². The minimum Gasteiger partial charge on any atom is -0.495 e. The molecule has 0 saturated carbocycles. The van der Waals surface area contributed by atoms with Crippen LogP contribution in [0.3, 0.4) is 0 Å². The Labute approximate surface area is 208 Å². The molecule has 0 fully saturated rings. The van der Waals surface area contributed by atoms with Crippen molar-refractivity contribution in [3.05, 3.63) is 77.1 Å². The van der Waals surface area contributed by atoms with E-state index in [0.717, 1.165) is 0 Å². The van der Waals surface area contributed by atoms with Crippen molar-refractivity contribution in [2.45, 2.75) is 30.7 Å². The zero-order valence-electron chi connectivity index (χ0n) is 18.5. The second-order valence-electron chi connectivity index (χ2n) is 7.91. The Bertz CT molecular complexity index is 1330. The van der Waals surface area contributed by atoms with Crippen LogP contribution in [-0.4, -0.2) is 26.7 Å². The molecule has 3 aromatic carbocycles. The summed E-state index contributed by atoms with van der Waals surface area (Å²) >= 11 is 11.4. The van der Waals surface area contributed by atoms with Gasteiger partial charge in [0.05, 0.1) is 23.4 Å². The highest BCUT2D eigenvalue weighted by molar-refractivity contribution is 7.92. The average Bonchev–Trinajstić information content (AvgIpc) is 2.79. The van der Waals surface area contributed by atoms with Gasteiger partial charge in [-0.1, -0.05) is 11.6 Å². The summed E-state index contributed by atoms with van der Waals surface area (Å²) in [5, 5.41) is 6.86. The van der Waals surface area contributed by atoms with Gasteiger partial charge >= 0.3 is 0 Å². The van der Waals surface area contributed by atoms with Gasteiger partial charge in [0.25, 0.3) is 10.0 Å². The fourth-order valence-electron chi connectivity index (χ4n) is 3.94. The SMILES string of the molecule is COc1ccc(Cl)cc1NC(=S)Nc1ccc(S(=O)(=O)N2c3ccc(F)cc3CC[C@H]2C)cc1. The Morgan fingerprint density at radius 3 is 2.56 bits per heavy atom. The van der Waals surface area contributed by atoms with Crippen molar-refractivity contribution < 1.29 is 17.5 Å². The van der Waals surface area contributed by atoms with Crippen molar-refractivity contribution in [2.24, 2.45) is 0 Å². The van der Waals surface area contributed by atoms with Crippen LogP contribution in [-0.2, 0) is 16.4 Å². The van der Waals surface area contributed by atoms with Crippen LogP contribution in [0.25, 0.3) is 0 Å². The summed E-state index contributed by atoms with van der Waals surface area (Å²) in [5.74, 6) is 0.201. The summed E-state index contributed by atoms with van der Waals surface area (Å²) in [5.41, 5.74) is 2.41. The number of anilines is 3. The lowest BCUT2D eigenvalue weighted by Gasteiger charge is -2.36. The van der Waals surface area contributed by atoms with E-state index >= 15 is 0 Å². The molecule has 0 saturated heterocycles. The van der Waals surface area contributed by atoms with Gasteiger partial charge < -0.3 is 15.4 Å². The van der Waals surface area contributed by atoms with Crippen LogP contribution in [0, 0.1) is 5.82 Å². The highest BCUT2D eigenvalue weighted by atomic mass is 35.5. The largest absolute Gasteiger partial charge is 0.495 e. The molecule has 3 aromatic rings. The average molecular weight is 520 g/mol. The number of benzene rings is 3. The number of halogens is 2. The molecule has 0 aliphatic carbocycles. The van der Waals surface area contributed by atoms with Crippen molar-refractivity contribution in [1.29, 1.82) is 0 Å².